The lowest BCUT2D eigenvalue weighted by Crippen LogP contribution is -2.44. The lowest BCUT2D eigenvalue weighted by Gasteiger charge is -2.39. The maximum Gasteiger partial charge on any atom is 0.389 e. The van der Waals surface area contributed by atoms with E-state index >= 15 is 0 Å². The van der Waals surface area contributed by atoms with Gasteiger partial charge in [-0.15, -0.1) is 0 Å². The molecule has 2 heterocycles. The molecule has 1 aliphatic carbocycles. The first-order valence-electron chi connectivity index (χ1n) is 7.66. The Hall–Kier alpha value is -1.11. The molecule has 1 saturated heterocycles. The number of rotatable bonds is 3. The Bertz CT molecular complexity index is 474. The van der Waals surface area contributed by atoms with Crippen LogP contribution in [0.5, 0.6) is 0 Å². The fourth-order valence-corrected chi connectivity index (χ4v) is 3.45. The standard InChI is InChI=1S/C14H20F3N3O/c15-14(16,17)8-7-12-19-13(21-20-12)11-6-5-9-3-1-2-4-10(9)18-11/h9-11,18H,1-8H2. The highest BCUT2D eigenvalue weighted by Crippen LogP contribution is 2.36. The number of aryl methyl sites for hydroxylation is 1. The lowest BCUT2D eigenvalue weighted by atomic mass is 9.78. The Morgan fingerprint density at radius 2 is 1.95 bits per heavy atom. The van der Waals surface area contributed by atoms with Gasteiger partial charge in [-0.1, -0.05) is 18.0 Å². The van der Waals surface area contributed by atoms with Gasteiger partial charge >= 0.3 is 6.18 Å². The fourth-order valence-electron chi connectivity index (χ4n) is 3.45. The van der Waals surface area contributed by atoms with Crippen molar-refractivity contribution in [1.82, 2.24) is 15.5 Å². The third-order valence-corrected chi connectivity index (χ3v) is 4.56. The smallest absolute Gasteiger partial charge is 0.338 e. The van der Waals surface area contributed by atoms with Crippen LogP contribution in [-0.4, -0.2) is 22.4 Å². The summed E-state index contributed by atoms with van der Waals surface area (Å²) in [5.74, 6) is 1.31. The molecule has 0 spiro atoms. The molecule has 3 unspecified atom stereocenters. The molecule has 1 aromatic heterocycles. The normalized spacial score (nSPS) is 30.1. The van der Waals surface area contributed by atoms with Gasteiger partial charge in [-0.3, -0.25) is 0 Å². The van der Waals surface area contributed by atoms with Crippen LogP contribution < -0.4 is 5.32 Å². The van der Waals surface area contributed by atoms with E-state index in [0.29, 0.717) is 11.9 Å². The summed E-state index contributed by atoms with van der Waals surface area (Å²) in [6, 6.07) is 0.486. The van der Waals surface area contributed by atoms with Crippen molar-refractivity contribution >= 4 is 0 Å². The Morgan fingerprint density at radius 3 is 2.76 bits per heavy atom. The second-order valence-electron chi connectivity index (χ2n) is 6.11. The maximum atomic E-state index is 12.2. The Morgan fingerprint density at radius 1 is 1.14 bits per heavy atom. The summed E-state index contributed by atoms with van der Waals surface area (Å²) in [4.78, 5) is 4.13. The predicted molar refractivity (Wildman–Crippen MR) is 69.5 cm³/mol. The van der Waals surface area contributed by atoms with E-state index < -0.39 is 12.6 Å². The molecule has 21 heavy (non-hydrogen) atoms. The molecule has 2 aliphatic rings. The minimum Gasteiger partial charge on any atom is -0.338 e. The van der Waals surface area contributed by atoms with Gasteiger partial charge in [0.15, 0.2) is 5.82 Å². The first-order valence-corrected chi connectivity index (χ1v) is 7.66. The van der Waals surface area contributed by atoms with Gasteiger partial charge in [-0.05, 0) is 31.6 Å². The minimum absolute atomic E-state index is 0.00325. The summed E-state index contributed by atoms with van der Waals surface area (Å²) in [6.45, 7) is 0. The average Bonchev–Trinajstić information content (AvgIpc) is 2.93. The van der Waals surface area contributed by atoms with E-state index in [0.717, 1.165) is 25.2 Å². The number of nitrogens with zero attached hydrogens (tertiary/aromatic N) is 2. The number of halogens is 3. The van der Waals surface area contributed by atoms with E-state index in [2.05, 4.69) is 15.5 Å². The predicted octanol–water partition coefficient (Wildman–Crippen LogP) is 3.55. The Balaban J connectivity index is 1.58. The van der Waals surface area contributed by atoms with E-state index in [1.54, 1.807) is 0 Å². The largest absolute Gasteiger partial charge is 0.389 e. The Labute approximate surface area is 121 Å². The lowest BCUT2D eigenvalue weighted by molar-refractivity contribution is -0.134. The highest BCUT2D eigenvalue weighted by atomic mass is 19.4. The van der Waals surface area contributed by atoms with Crippen molar-refractivity contribution in [3.8, 4) is 0 Å². The molecular formula is C14H20F3N3O. The van der Waals surface area contributed by atoms with E-state index in [9.17, 15) is 13.2 Å². The van der Waals surface area contributed by atoms with Crippen LogP contribution in [-0.2, 0) is 6.42 Å². The third-order valence-electron chi connectivity index (χ3n) is 4.56. The van der Waals surface area contributed by atoms with Crippen LogP contribution in [0.1, 0.15) is 62.7 Å². The Kier molecular flexibility index (Phi) is 4.19. The molecule has 0 aromatic carbocycles. The second kappa shape index (κ2) is 5.94. The number of nitrogens with one attached hydrogen (secondary N) is 1. The quantitative estimate of drug-likeness (QED) is 0.928. The zero-order valence-electron chi connectivity index (χ0n) is 11.8. The van der Waals surface area contributed by atoms with E-state index in [1.165, 1.54) is 19.3 Å². The van der Waals surface area contributed by atoms with Crippen LogP contribution in [0.3, 0.4) is 0 Å². The molecule has 1 saturated carbocycles. The zero-order valence-corrected chi connectivity index (χ0v) is 11.8. The summed E-state index contributed by atoms with van der Waals surface area (Å²) in [5.41, 5.74) is 0. The number of fused-ring (bicyclic) bond motifs is 1. The van der Waals surface area contributed by atoms with Crippen molar-refractivity contribution in [3.05, 3.63) is 11.7 Å². The third kappa shape index (κ3) is 3.75. The van der Waals surface area contributed by atoms with Gasteiger partial charge in [-0.2, -0.15) is 18.2 Å². The van der Waals surface area contributed by atoms with Crippen LogP contribution in [0.4, 0.5) is 13.2 Å². The first-order chi connectivity index (χ1) is 10.0. The van der Waals surface area contributed by atoms with Crippen molar-refractivity contribution < 1.29 is 17.7 Å². The summed E-state index contributed by atoms with van der Waals surface area (Å²) < 4.78 is 41.7. The highest BCUT2D eigenvalue weighted by molar-refractivity contribution is 4.99. The number of hydrogen-bond acceptors (Lipinski definition) is 4. The zero-order chi connectivity index (χ0) is 14.9. The number of aromatic nitrogens is 2. The molecule has 7 heteroatoms. The molecule has 0 amide bonds. The summed E-state index contributed by atoms with van der Waals surface area (Å²) in [7, 11) is 0. The summed E-state index contributed by atoms with van der Waals surface area (Å²) in [5, 5.41) is 7.21. The van der Waals surface area contributed by atoms with Crippen molar-refractivity contribution in [2.24, 2.45) is 5.92 Å². The average molecular weight is 303 g/mol. The van der Waals surface area contributed by atoms with Gasteiger partial charge in [0, 0.05) is 12.5 Å². The van der Waals surface area contributed by atoms with Crippen molar-refractivity contribution in [3.63, 3.8) is 0 Å². The van der Waals surface area contributed by atoms with E-state index in [4.69, 9.17) is 4.52 Å². The summed E-state index contributed by atoms with van der Waals surface area (Å²) >= 11 is 0. The molecule has 0 radical (unpaired) electrons. The van der Waals surface area contributed by atoms with E-state index in [-0.39, 0.29) is 18.3 Å². The van der Waals surface area contributed by atoms with Gasteiger partial charge in [-0.25, -0.2) is 0 Å². The summed E-state index contributed by atoms with van der Waals surface area (Å²) in [6.07, 6.45) is 1.71. The molecule has 1 aromatic rings. The molecular weight excluding hydrogens is 283 g/mol. The SMILES string of the molecule is FC(F)(F)CCc1noc(C2CCC3CCCCC3N2)n1. The van der Waals surface area contributed by atoms with Crippen LogP contribution in [0, 0.1) is 5.92 Å². The van der Waals surface area contributed by atoms with Crippen LogP contribution >= 0.6 is 0 Å². The molecule has 1 N–H and O–H groups in total. The number of piperidine rings is 1. The molecule has 0 bridgehead atoms. The van der Waals surface area contributed by atoms with Gasteiger partial charge in [0.05, 0.1) is 12.5 Å². The maximum absolute atomic E-state index is 12.2. The molecule has 3 rings (SSSR count). The monoisotopic (exact) mass is 303 g/mol. The van der Waals surface area contributed by atoms with Gasteiger partial charge in [0.25, 0.3) is 0 Å². The van der Waals surface area contributed by atoms with Crippen LogP contribution in [0.15, 0.2) is 4.52 Å². The van der Waals surface area contributed by atoms with Crippen LogP contribution in [0.25, 0.3) is 0 Å². The van der Waals surface area contributed by atoms with Crippen molar-refractivity contribution in [2.75, 3.05) is 0 Å². The topological polar surface area (TPSA) is 51.0 Å². The molecule has 118 valence electrons. The van der Waals surface area contributed by atoms with Crippen LogP contribution in [0.2, 0.25) is 0 Å². The van der Waals surface area contributed by atoms with Gasteiger partial charge in [0.1, 0.15) is 0 Å². The molecule has 3 atom stereocenters. The van der Waals surface area contributed by atoms with Crippen molar-refractivity contribution in [1.29, 1.82) is 0 Å². The first kappa shape index (κ1) is 14.8. The number of hydrogen-bond donors (Lipinski definition) is 1. The molecule has 1 aliphatic heterocycles. The minimum atomic E-state index is -4.18. The van der Waals surface area contributed by atoms with Gasteiger partial charge in [0.2, 0.25) is 5.89 Å². The fraction of sp³-hybridized carbons (Fsp3) is 0.857. The highest BCUT2D eigenvalue weighted by Gasteiger charge is 2.34. The molecule has 2 fully saturated rings. The second-order valence-corrected chi connectivity index (χ2v) is 6.11. The molecule has 4 nitrogen and oxygen atoms in total. The number of alkyl halides is 3. The van der Waals surface area contributed by atoms with E-state index in [1.807, 2.05) is 0 Å². The van der Waals surface area contributed by atoms with Crippen molar-refractivity contribution in [2.45, 2.75) is 69.6 Å². The van der Waals surface area contributed by atoms with Gasteiger partial charge < -0.3 is 9.84 Å².